The van der Waals surface area contributed by atoms with Crippen LogP contribution in [0.15, 0.2) is 29.2 Å². The Bertz CT molecular complexity index is 535. The third-order valence-electron chi connectivity index (χ3n) is 3.74. The number of hydrogen-bond acceptors (Lipinski definition) is 3. The van der Waals surface area contributed by atoms with E-state index in [4.69, 9.17) is 11.8 Å². The molecule has 0 radical (unpaired) electrons. The third-order valence-corrected chi connectivity index (χ3v) is 5.79. The average Bonchev–Trinajstić information content (AvgIpc) is 2.39. The molecule has 0 bridgehead atoms. The van der Waals surface area contributed by atoms with Gasteiger partial charge in [0.15, 0.2) is 0 Å². The number of sulfonamides is 1. The molecule has 0 saturated carbocycles. The van der Waals surface area contributed by atoms with E-state index < -0.39 is 10.0 Å². The van der Waals surface area contributed by atoms with Gasteiger partial charge < -0.3 is 0 Å². The smallest absolute Gasteiger partial charge is 0.223 e. The van der Waals surface area contributed by atoms with Crippen molar-refractivity contribution in [1.29, 1.82) is 0 Å². The second-order valence-electron chi connectivity index (χ2n) is 5.45. The molecule has 0 spiro atoms. The van der Waals surface area contributed by atoms with Gasteiger partial charge in [-0.3, -0.25) is 0 Å². The number of benzene rings is 1. The van der Waals surface area contributed by atoms with Gasteiger partial charge in [-0.1, -0.05) is 17.7 Å². The summed E-state index contributed by atoms with van der Waals surface area (Å²) in [7, 11) is -1.51. The van der Waals surface area contributed by atoms with Gasteiger partial charge in [0, 0.05) is 26.7 Å². The minimum atomic E-state index is -3.34. The first-order chi connectivity index (χ1) is 9.39. The summed E-state index contributed by atoms with van der Waals surface area (Å²) in [5.41, 5.74) is 1.06. The highest BCUT2D eigenvalue weighted by Crippen LogP contribution is 2.24. The third kappa shape index (κ3) is 3.73. The topological polar surface area (TPSA) is 40.6 Å². The van der Waals surface area contributed by atoms with Crippen molar-refractivity contribution < 1.29 is 8.42 Å². The summed E-state index contributed by atoms with van der Waals surface area (Å²) < 4.78 is 28.3. The number of rotatable bonds is 4. The van der Waals surface area contributed by atoms with Crippen LogP contribution in [0.25, 0.3) is 0 Å². The molecular formula is C14H21ClN2O2S. The van der Waals surface area contributed by atoms with Crippen LogP contribution in [0.5, 0.6) is 0 Å². The first-order valence-corrected chi connectivity index (χ1v) is 8.61. The number of piperidine rings is 1. The molecule has 112 valence electrons. The average molecular weight is 317 g/mol. The lowest BCUT2D eigenvalue weighted by atomic mass is 9.98. The molecule has 0 unspecified atom stereocenters. The lowest BCUT2D eigenvalue weighted by molar-refractivity contribution is 0.249. The molecule has 1 saturated heterocycles. The van der Waals surface area contributed by atoms with E-state index in [0.717, 1.165) is 24.9 Å². The number of aryl methyl sites for hydroxylation is 1. The van der Waals surface area contributed by atoms with E-state index in [1.807, 2.05) is 26.1 Å². The van der Waals surface area contributed by atoms with Crippen molar-refractivity contribution in [1.82, 2.24) is 8.72 Å². The largest absolute Gasteiger partial charge is 0.243 e. The molecule has 6 heteroatoms. The standard InChI is InChI=1S/C14H21ClN2O2S/c1-12-3-5-14(6-4-12)20(18,19)17-9-7-13(8-10-17)11-16(2)15/h3-6,13H,7-11H2,1-2H3. The zero-order valence-corrected chi connectivity index (χ0v) is 13.5. The monoisotopic (exact) mass is 316 g/mol. The van der Waals surface area contributed by atoms with Crippen LogP contribution in [-0.2, 0) is 10.0 Å². The van der Waals surface area contributed by atoms with Crippen molar-refractivity contribution in [3.05, 3.63) is 29.8 Å². The summed E-state index contributed by atoms with van der Waals surface area (Å²) >= 11 is 5.85. The van der Waals surface area contributed by atoms with Crippen LogP contribution in [0.4, 0.5) is 0 Å². The van der Waals surface area contributed by atoms with Crippen LogP contribution >= 0.6 is 11.8 Å². The molecule has 0 aromatic heterocycles. The van der Waals surface area contributed by atoms with Crippen molar-refractivity contribution in [2.24, 2.45) is 5.92 Å². The molecule has 1 aliphatic heterocycles. The maximum Gasteiger partial charge on any atom is 0.243 e. The van der Waals surface area contributed by atoms with Crippen LogP contribution in [0.3, 0.4) is 0 Å². The Morgan fingerprint density at radius 2 is 1.80 bits per heavy atom. The van der Waals surface area contributed by atoms with Gasteiger partial charge in [0.25, 0.3) is 0 Å². The van der Waals surface area contributed by atoms with E-state index in [0.29, 0.717) is 23.9 Å². The highest BCUT2D eigenvalue weighted by molar-refractivity contribution is 7.89. The molecule has 1 aromatic rings. The number of nitrogens with zero attached hydrogens (tertiary/aromatic N) is 2. The molecule has 20 heavy (non-hydrogen) atoms. The Morgan fingerprint density at radius 1 is 1.25 bits per heavy atom. The van der Waals surface area contributed by atoms with Gasteiger partial charge in [0.2, 0.25) is 10.0 Å². The molecule has 0 N–H and O–H groups in total. The summed E-state index contributed by atoms with van der Waals surface area (Å²) in [6, 6.07) is 7.04. The van der Waals surface area contributed by atoms with Gasteiger partial charge >= 0.3 is 0 Å². The summed E-state index contributed by atoms with van der Waals surface area (Å²) in [4.78, 5) is 0.385. The van der Waals surface area contributed by atoms with E-state index in [1.54, 1.807) is 20.9 Å². The van der Waals surface area contributed by atoms with Crippen molar-refractivity contribution >= 4 is 21.8 Å². The minimum Gasteiger partial charge on any atom is -0.223 e. The predicted molar refractivity (Wildman–Crippen MR) is 81.1 cm³/mol. The van der Waals surface area contributed by atoms with E-state index in [9.17, 15) is 8.42 Å². The van der Waals surface area contributed by atoms with E-state index >= 15 is 0 Å². The highest BCUT2D eigenvalue weighted by Gasteiger charge is 2.29. The van der Waals surface area contributed by atoms with Crippen LogP contribution in [-0.4, -0.2) is 43.8 Å². The summed E-state index contributed by atoms with van der Waals surface area (Å²) in [5.74, 6) is 0.474. The van der Waals surface area contributed by atoms with Crippen molar-refractivity contribution in [2.75, 3.05) is 26.7 Å². The molecule has 4 nitrogen and oxygen atoms in total. The molecule has 0 aliphatic carbocycles. The van der Waals surface area contributed by atoms with E-state index in [-0.39, 0.29) is 0 Å². The zero-order chi connectivity index (χ0) is 14.8. The Balaban J connectivity index is 2.04. The number of hydrogen-bond donors (Lipinski definition) is 0. The van der Waals surface area contributed by atoms with Gasteiger partial charge in [-0.2, -0.15) is 4.31 Å². The predicted octanol–water partition coefficient (Wildman–Crippen LogP) is 2.48. The molecule has 1 aromatic carbocycles. The van der Waals surface area contributed by atoms with Gasteiger partial charge in [-0.05, 0) is 49.6 Å². The lowest BCUT2D eigenvalue weighted by Gasteiger charge is -2.31. The van der Waals surface area contributed by atoms with Crippen LogP contribution < -0.4 is 0 Å². The zero-order valence-electron chi connectivity index (χ0n) is 11.9. The van der Waals surface area contributed by atoms with Gasteiger partial charge in [0.1, 0.15) is 0 Å². The quantitative estimate of drug-likeness (QED) is 0.801. The first kappa shape index (κ1) is 15.8. The second-order valence-corrected chi connectivity index (χ2v) is 7.96. The molecular weight excluding hydrogens is 296 g/mol. The van der Waals surface area contributed by atoms with Gasteiger partial charge in [-0.25, -0.2) is 12.8 Å². The normalized spacial score (nSPS) is 18.6. The molecule has 1 heterocycles. The summed E-state index contributed by atoms with van der Waals surface area (Å²) in [6.45, 7) is 3.90. The first-order valence-electron chi connectivity index (χ1n) is 6.83. The molecule has 1 fully saturated rings. The van der Waals surface area contributed by atoms with E-state index in [1.165, 1.54) is 0 Å². The van der Waals surface area contributed by atoms with Crippen LogP contribution in [0.1, 0.15) is 18.4 Å². The number of halogens is 1. The fraction of sp³-hybridized carbons (Fsp3) is 0.571. The van der Waals surface area contributed by atoms with Gasteiger partial charge in [0.05, 0.1) is 4.90 Å². The fourth-order valence-corrected chi connectivity index (χ4v) is 4.21. The SMILES string of the molecule is Cc1ccc(S(=O)(=O)N2CCC(CN(C)Cl)CC2)cc1. The Hall–Kier alpha value is -0.620. The summed E-state index contributed by atoms with van der Waals surface area (Å²) in [6.07, 6.45) is 1.73. The van der Waals surface area contributed by atoms with Crippen molar-refractivity contribution in [3.8, 4) is 0 Å². The molecule has 0 amide bonds. The highest BCUT2D eigenvalue weighted by atomic mass is 35.5. The van der Waals surface area contributed by atoms with E-state index in [2.05, 4.69) is 0 Å². The van der Waals surface area contributed by atoms with Crippen LogP contribution in [0.2, 0.25) is 0 Å². The maximum absolute atomic E-state index is 12.5. The van der Waals surface area contributed by atoms with Crippen molar-refractivity contribution in [3.63, 3.8) is 0 Å². The molecule has 0 atom stereocenters. The second kappa shape index (κ2) is 6.43. The molecule has 2 rings (SSSR count). The molecule has 1 aliphatic rings. The maximum atomic E-state index is 12.5. The Morgan fingerprint density at radius 3 is 2.30 bits per heavy atom. The fourth-order valence-electron chi connectivity index (χ4n) is 2.55. The summed E-state index contributed by atoms with van der Waals surface area (Å²) in [5, 5.41) is 0. The Kier molecular flexibility index (Phi) is 5.07. The van der Waals surface area contributed by atoms with Crippen LogP contribution in [0, 0.1) is 12.8 Å². The minimum absolute atomic E-state index is 0.385. The van der Waals surface area contributed by atoms with Crippen molar-refractivity contribution in [2.45, 2.75) is 24.7 Å². The van der Waals surface area contributed by atoms with Gasteiger partial charge in [-0.15, -0.1) is 0 Å². The lowest BCUT2D eigenvalue weighted by Crippen LogP contribution is -2.40. The Labute approximate surface area is 126 Å².